The third kappa shape index (κ3) is 6.38. The maximum absolute atomic E-state index is 13.1. The van der Waals surface area contributed by atoms with Crippen LogP contribution in [0.4, 0.5) is 0 Å². The van der Waals surface area contributed by atoms with Crippen molar-refractivity contribution < 1.29 is 9.59 Å². The molecule has 2 aromatic carbocycles. The Morgan fingerprint density at radius 3 is 2.25 bits per heavy atom. The summed E-state index contributed by atoms with van der Waals surface area (Å²) in [7, 11) is 0. The first-order valence-corrected chi connectivity index (χ1v) is 9.85. The average Bonchev–Trinajstić information content (AvgIpc) is 2.61. The Balaban J connectivity index is 2.26. The molecule has 0 aliphatic carbocycles. The summed E-state index contributed by atoms with van der Waals surface area (Å²) < 4.78 is 0. The topological polar surface area (TPSA) is 49.4 Å². The number of carbonyl (C=O) groups excluding carboxylic acids is 2. The third-order valence-corrected chi connectivity index (χ3v) is 4.79. The van der Waals surface area contributed by atoms with E-state index in [4.69, 9.17) is 11.6 Å². The van der Waals surface area contributed by atoms with Crippen LogP contribution in [0.25, 0.3) is 0 Å². The van der Waals surface area contributed by atoms with Gasteiger partial charge in [-0.25, -0.2) is 0 Å². The lowest BCUT2D eigenvalue weighted by atomic mass is 10.0. The molecule has 0 spiro atoms. The number of hydrogen-bond acceptors (Lipinski definition) is 2. The van der Waals surface area contributed by atoms with E-state index in [0.29, 0.717) is 11.6 Å². The quantitative estimate of drug-likeness (QED) is 0.774. The number of aryl methyl sites for hydroxylation is 1. The van der Waals surface area contributed by atoms with Crippen LogP contribution in [0, 0.1) is 6.92 Å². The zero-order chi connectivity index (χ0) is 20.9. The predicted molar refractivity (Wildman–Crippen MR) is 114 cm³/mol. The van der Waals surface area contributed by atoms with Gasteiger partial charge in [0.25, 0.3) is 0 Å². The monoisotopic (exact) mass is 400 g/mol. The molecule has 0 aliphatic heterocycles. The summed E-state index contributed by atoms with van der Waals surface area (Å²) >= 11 is 5.94. The maximum atomic E-state index is 13.1. The van der Waals surface area contributed by atoms with Crippen molar-refractivity contribution in [1.29, 1.82) is 0 Å². The predicted octanol–water partition coefficient (Wildman–Crippen LogP) is 4.52. The molecule has 2 aromatic rings. The van der Waals surface area contributed by atoms with Crippen LogP contribution in [0.15, 0.2) is 48.5 Å². The molecular weight excluding hydrogens is 372 g/mol. The van der Waals surface area contributed by atoms with Gasteiger partial charge >= 0.3 is 0 Å². The van der Waals surface area contributed by atoms with Crippen molar-refractivity contribution in [2.75, 3.05) is 0 Å². The third-order valence-electron chi connectivity index (χ3n) is 4.54. The van der Waals surface area contributed by atoms with Crippen LogP contribution in [0.3, 0.4) is 0 Å². The van der Waals surface area contributed by atoms with Gasteiger partial charge in [-0.05, 0) is 63.4 Å². The SMILES string of the molecule is Cc1ccccc1CN(C(=O)Cc1ccc(Cl)cc1)C(C)C(=O)NC(C)(C)C. The van der Waals surface area contributed by atoms with Crippen LogP contribution >= 0.6 is 11.6 Å². The van der Waals surface area contributed by atoms with Gasteiger partial charge in [0.05, 0.1) is 6.42 Å². The van der Waals surface area contributed by atoms with E-state index in [1.807, 2.05) is 64.1 Å². The standard InChI is InChI=1S/C23H29ClN2O2/c1-16-8-6-7-9-19(16)15-26(17(2)22(28)25-23(3,4)5)21(27)14-18-10-12-20(24)13-11-18/h6-13,17H,14-15H2,1-5H3,(H,25,28). The molecule has 5 heteroatoms. The van der Waals surface area contributed by atoms with E-state index < -0.39 is 6.04 Å². The molecule has 0 aromatic heterocycles. The molecule has 0 saturated heterocycles. The number of nitrogens with one attached hydrogen (secondary N) is 1. The normalized spacial score (nSPS) is 12.4. The van der Waals surface area contributed by atoms with Crippen molar-refractivity contribution in [2.24, 2.45) is 0 Å². The first kappa shape index (κ1) is 22.0. The summed E-state index contributed by atoms with van der Waals surface area (Å²) in [6, 6.07) is 14.6. The van der Waals surface area contributed by atoms with Crippen molar-refractivity contribution >= 4 is 23.4 Å². The molecule has 0 heterocycles. The van der Waals surface area contributed by atoms with Crippen molar-refractivity contribution in [3.05, 3.63) is 70.2 Å². The minimum absolute atomic E-state index is 0.0952. The van der Waals surface area contributed by atoms with E-state index in [-0.39, 0.29) is 23.8 Å². The molecule has 0 radical (unpaired) electrons. The number of halogens is 1. The Morgan fingerprint density at radius 1 is 1.07 bits per heavy atom. The Bertz CT molecular complexity index is 825. The average molecular weight is 401 g/mol. The van der Waals surface area contributed by atoms with Gasteiger partial charge in [0.15, 0.2) is 0 Å². The van der Waals surface area contributed by atoms with E-state index >= 15 is 0 Å². The summed E-state index contributed by atoms with van der Waals surface area (Å²) in [6.45, 7) is 9.96. The highest BCUT2D eigenvalue weighted by molar-refractivity contribution is 6.30. The summed E-state index contributed by atoms with van der Waals surface area (Å²) in [6.07, 6.45) is 0.218. The number of nitrogens with zero attached hydrogens (tertiary/aromatic N) is 1. The Labute approximate surface area is 172 Å². The molecule has 0 saturated carbocycles. The maximum Gasteiger partial charge on any atom is 0.242 e. The van der Waals surface area contributed by atoms with Crippen molar-refractivity contribution in [3.8, 4) is 0 Å². The van der Waals surface area contributed by atoms with Gasteiger partial charge in [0, 0.05) is 17.1 Å². The lowest BCUT2D eigenvalue weighted by Gasteiger charge is -2.32. The molecule has 1 N–H and O–H groups in total. The highest BCUT2D eigenvalue weighted by Crippen LogP contribution is 2.17. The van der Waals surface area contributed by atoms with Crippen LogP contribution < -0.4 is 5.32 Å². The van der Waals surface area contributed by atoms with E-state index in [1.165, 1.54) is 0 Å². The Morgan fingerprint density at radius 2 is 1.68 bits per heavy atom. The molecule has 0 bridgehead atoms. The van der Waals surface area contributed by atoms with E-state index in [1.54, 1.807) is 24.0 Å². The molecule has 2 rings (SSSR count). The second-order valence-electron chi connectivity index (χ2n) is 8.17. The number of carbonyl (C=O) groups is 2. The van der Waals surface area contributed by atoms with Crippen molar-refractivity contribution in [3.63, 3.8) is 0 Å². The summed E-state index contributed by atoms with van der Waals surface area (Å²) in [5.41, 5.74) is 2.63. The zero-order valence-electron chi connectivity index (χ0n) is 17.3. The van der Waals surface area contributed by atoms with Crippen LogP contribution in [0.2, 0.25) is 5.02 Å². The fraction of sp³-hybridized carbons (Fsp3) is 0.391. The number of amides is 2. The molecule has 1 atom stereocenters. The van der Waals surface area contributed by atoms with E-state index in [2.05, 4.69) is 5.32 Å². The zero-order valence-corrected chi connectivity index (χ0v) is 18.0. The van der Waals surface area contributed by atoms with Gasteiger partial charge < -0.3 is 10.2 Å². The first-order chi connectivity index (χ1) is 13.1. The van der Waals surface area contributed by atoms with Crippen LogP contribution in [-0.4, -0.2) is 28.3 Å². The lowest BCUT2D eigenvalue weighted by Crippen LogP contribution is -2.52. The molecular formula is C23H29ClN2O2. The second-order valence-corrected chi connectivity index (χ2v) is 8.60. The van der Waals surface area contributed by atoms with Crippen LogP contribution in [-0.2, 0) is 22.6 Å². The summed E-state index contributed by atoms with van der Waals surface area (Å²) in [5.74, 6) is -0.257. The van der Waals surface area contributed by atoms with Gasteiger partial charge in [0.1, 0.15) is 6.04 Å². The van der Waals surface area contributed by atoms with Gasteiger partial charge in [0.2, 0.25) is 11.8 Å². The van der Waals surface area contributed by atoms with Gasteiger partial charge in [-0.15, -0.1) is 0 Å². The van der Waals surface area contributed by atoms with E-state index in [9.17, 15) is 9.59 Å². The van der Waals surface area contributed by atoms with Crippen molar-refractivity contribution in [2.45, 2.75) is 59.2 Å². The number of rotatable bonds is 6. The summed E-state index contributed by atoms with van der Waals surface area (Å²) in [4.78, 5) is 27.5. The molecule has 1 unspecified atom stereocenters. The fourth-order valence-electron chi connectivity index (χ4n) is 2.91. The largest absolute Gasteiger partial charge is 0.350 e. The molecule has 2 amide bonds. The number of benzene rings is 2. The van der Waals surface area contributed by atoms with Crippen LogP contribution in [0.5, 0.6) is 0 Å². The molecule has 0 aliphatic rings. The Hall–Kier alpha value is -2.33. The highest BCUT2D eigenvalue weighted by Gasteiger charge is 2.28. The minimum Gasteiger partial charge on any atom is -0.350 e. The highest BCUT2D eigenvalue weighted by atomic mass is 35.5. The van der Waals surface area contributed by atoms with E-state index in [0.717, 1.165) is 16.7 Å². The van der Waals surface area contributed by atoms with Crippen molar-refractivity contribution in [1.82, 2.24) is 10.2 Å². The van der Waals surface area contributed by atoms with Gasteiger partial charge in [-0.3, -0.25) is 9.59 Å². The second kappa shape index (κ2) is 9.24. The first-order valence-electron chi connectivity index (χ1n) is 9.47. The fourth-order valence-corrected chi connectivity index (χ4v) is 3.03. The van der Waals surface area contributed by atoms with Gasteiger partial charge in [-0.1, -0.05) is 48.0 Å². The molecule has 150 valence electrons. The number of hydrogen-bond donors (Lipinski definition) is 1. The summed E-state index contributed by atoms with van der Waals surface area (Å²) in [5, 5.41) is 3.61. The molecule has 4 nitrogen and oxygen atoms in total. The van der Waals surface area contributed by atoms with Gasteiger partial charge in [-0.2, -0.15) is 0 Å². The smallest absolute Gasteiger partial charge is 0.242 e. The Kier molecular flexibility index (Phi) is 7.25. The molecule has 28 heavy (non-hydrogen) atoms. The molecule has 0 fully saturated rings. The minimum atomic E-state index is -0.585. The van der Waals surface area contributed by atoms with Crippen LogP contribution in [0.1, 0.15) is 44.4 Å². The lowest BCUT2D eigenvalue weighted by molar-refractivity contribution is -0.140.